The summed E-state index contributed by atoms with van der Waals surface area (Å²) in [6.07, 6.45) is 7.92. The molecule has 0 saturated heterocycles. The molecule has 7 atom stereocenters. The topological polar surface area (TPSA) is 101 Å². The Bertz CT molecular complexity index is 819. The van der Waals surface area contributed by atoms with Crippen LogP contribution in [0.5, 0.6) is 0 Å². The predicted octanol–water partition coefficient (Wildman–Crippen LogP) is 3.46. The second kappa shape index (κ2) is 6.37. The Labute approximate surface area is 167 Å². The normalized spacial score (nSPS) is 48.2. The highest BCUT2D eigenvalue weighted by Gasteiger charge is 2.65. The molecule has 0 amide bonds. The quantitative estimate of drug-likeness (QED) is 0.544. The minimum Gasteiger partial charge on any atom is -0.382 e. The van der Waals surface area contributed by atoms with Crippen LogP contribution in [0.25, 0.3) is 0 Å². The van der Waals surface area contributed by atoms with Gasteiger partial charge in [-0.25, -0.2) is 4.18 Å². The van der Waals surface area contributed by atoms with Crippen LogP contribution in [0.15, 0.2) is 11.6 Å². The smallest absolute Gasteiger partial charge is 0.382 e. The predicted molar refractivity (Wildman–Crippen MR) is 104 cm³/mol. The van der Waals surface area contributed by atoms with Gasteiger partial charge in [-0.05, 0) is 81.5 Å². The van der Waals surface area contributed by atoms with Crippen molar-refractivity contribution in [2.24, 2.45) is 28.6 Å². The van der Waals surface area contributed by atoms with E-state index in [1.54, 1.807) is 0 Å². The number of ketones is 1. The maximum atomic E-state index is 12.3. The van der Waals surface area contributed by atoms with E-state index < -0.39 is 22.1 Å². The third-order valence-electron chi connectivity index (χ3n) is 9.05. The average Bonchev–Trinajstić information content (AvgIpc) is 2.87. The van der Waals surface area contributed by atoms with Crippen molar-refractivity contribution in [3.8, 4) is 0 Å². The van der Waals surface area contributed by atoms with Crippen LogP contribution in [0.3, 0.4) is 0 Å². The van der Waals surface area contributed by atoms with E-state index in [9.17, 15) is 18.3 Å². The first kappa shape index (κ1) is 20.5. The Kier molecular flexibility index (Phi) is 4.66. The lowest BCUT2D eigenvalue weighted by Gasteiger charge is -2.58. The maximum Gasteiger partial charge on any atom is 0.397 e. The van der Waals surface area contributed by atoms with E-state index in [4.69, 9.17) is 8.74 Å². The molecular weight excluding hydrogens is 380 g/mol. The Hall–Kier alpha value is -0.760. The highest BCUT2D eigenvalue weighted by molar-refractivity contribution is 7.80. The van der Waals surface area contributed by atoms with Crippen molar-refractivity contribution >= 4 is 16.2 Å². The minimum absolute atomic E-state index is 0.000252. The number of Topliss-reactive ketones (excluding diaryl/α,β-unsaturated/α-hetero) is 1. The number of hydrogen-bond acceptors (Lipinski definition) is 5. The number of rotatable bonds is 3. The molecule has 3 fully saturated rings. The Morgan fingerprint density at radius 1 is 1.14 bits per heavy atom. The van der Waals surface area contributed by atoms with Gasteiger partial charge in [0.25, 0.3) is 0 Å². The van der Waals surface area contributed by atoms with E-state index in [1.807, 2.05) is 0 Å². The van der Waals surface area contributed by atoms with Crippen molar-refractivity contribution in [1.29, 1.82) is 0 Å². The van der Waals surface area contributed by atoms with Gasteiger partial charge in [-0.1, -0.05) is 25.5 Å². The highest BCUT2D eigenvalue weighted by Crippen LogP contribution is 2.67. The molecule has 4 aliphatic carbocycles. The van der Waals surface area contributed by atoms with Gasteiger partial charge in [0.05, 0.1) is 6.10 Å². The van der Waals surface area contributed by atoms with Crippen molar-refractivity contribution in [3.63, 3.8) is 0 Å². The zero-order chi connectivity index (χ0) is 20.5. The molecule has 6 nitrogen and oxygen atoms in total. The first-order chi connectivity index (χ1) is 12.9. The molecule has 0 heterocycles. The van der Waals surface area contributed by atoms with Gasteiger partial charge in [-0.2, -0.15) is 8.42 Å². The molecule has 0 aromatic carbocycles. The molecule has 0 aromatic rings. The van der Waals surface area contributed by atoms with Crippen molar-refractivity contribution in [3.05, 3.63) is 11.6 Å². The van der Waals surface area contributed by atoms with E-state index in [1.165, 1.54) is 12.5 Å². The molecule has 7 heteroatoms. The monoisotopic (exact) mass is 412 g/mol. The molecule has 7 unspecified atom stereocenters. The molecule has 28 heavy (non-hydrogen) atoms. The second-order valence-electron chi connectivity index (χ2n) is 10.1. The Balaban J connectivity index is 1.61. The van der Waals surface area contributed by atoms with Gasteiger partial charge >= 0.3 is 10.4 Å². The van der Waals surface area contributed by atoms with Gasteiger partial charge in [0.1, 0.15) is 5.60 Å². The fourth-order valence-corrected chi connectivity index (χ4v) is 7.98. The molecule has 0 aliphatic heterocycles. The van der Waals surface area contributed by atoms with Gasteiger partial charge in [-0.3, -0.25) is 9.35 Å². The third-order valence-corrected chi connectivity index (χ3v) is 9.57. The van der Waals surface area contributed by atoms with Crippen LogP contribution in [-0.2, 0) is 19.4 Å². The van der Waals surface area contributed by atoms with Crippen molar-refractivity contribution in [2.75, 3.05) is 0 Å². The molecule has 158 valence electrons. The summed E-state index contributed by atoms with van der Waals surface area (Å²) in [6, 6.07) is 0. The molecule has 2 N–H and O–H groups in total. The fourth-order valence-electron chi connectivity index (χ4n) is 7.48. The van der Waals surface area contributed by atoms with E-state index >= 15 is 0 Å². The first-order valence-electron chi connectivity index (χ1n) is 10.5. The van der Waals surface area contributed by atoms with Crippen LogP contribution < -0.4 is 0 Å². The lowest BCUT2D eigenvalue weighted by molar-refractivity contribution is -0.159. The summed E-state index contributed by atoms with van der Waals surface area (Å²) in [6.45, 7) is 5.92. The van der Waals surface area contributed by atoms with Crippen LogP contribution in [0, 0.1) is 28.6 Å². The van der Waals surface area contributed by atoms with Crippen molar-refractivity contribution in [2.45, 2.75) is 83.8 Å². The lowest BCUT2D eigenvalue weighted by atomic mass is 9.47. The standard InChI is InChI=1S/C21H32O6S/c1-13(22)21(23)11-8-18-16-5-4-14-12-15(27-28(24,25)26)6-9-19(14,2)17(16)7-10-20(18,21)3/h4,15-18,23H,5-12H2,1-3H3,(H,24,25,26). The molecule has 0 spiro atoms. The second-order valence-corrected chi connectivity index (χ2v) is 11.1. The molecule has 0 bridgehead atoms. The third kappa shape index (κ3) is 2.84. The molecule has 0 radical (unpaired) electrons. The largest absolute Gasteiger partial charge is 0.397 e. The summed E-state index contributed by atoms with van der Waals surface area (Å²) in [5.74, 6) is 1.16. The summed E-state index contributed by atoms with van der Waals surface area (Å²) in [5.41, 5.74) is -0.307. The van der Waals surface area contributed by atoms with Crippen LogP contribution in [0.4, 0.5) is 0 Å². The van der Waals surface area contributed by atoms with Gasteiger partial charge < -0.3 is 5.11 Å². The van der Waals surface area contributed by atoms with E-state index in [0.717, 1.165) is 32.1 Å². The summed E-state index contributed by atoms with van der Waals surface area (Å²) in [7, 11) is -4.43. The Morgan fingerprint density at radius 2 is 1.82 bits per heavy atom. The molecular formula is C21H32O6S. The molecule has 4 rings (SSSR count). The van der Waals surface area contributed by atoms with Crippen LogP contribution >= 0.6 is 0 Å². The first-order valence-corrected chi connectivity index (χ1v) is 11.9. The minimum atomic E-state index is -4.43. The average molecular weight is 413 g/mol. The van der Waals surface area contributed by atoms with Gasteiger partial charge in [0.15, 0.2) is 5.78 Å². The zero-order valence-corrected chi connectivity index (χ0v) is 17.8. The van der Waals surface area contributed by atoms with Crippen LogP contribution in [-0.4, -0.2) is 35.6 Å². The molecule has 0 aromatic heterocycles. The van der Waals surface area contributed by atoms with Crippen molar-refractivity contribution < 1.29 is 27.1 Å². The van der Waals surface area contributed by atoms with Gasteiger partial charge in [0, 0.05) is 5.41 Å². The summed E-state index contributed by atoms with van der Waals surface area (Å²) >= 11 is 0. The number of aliphatic hydroxyl groups is 1. The molecule has 4 aliphatic rings. The number of hydrogen-bond donors (Lipinski definition) is 2. The zero-order valence-electron chi connectivity index (χ0n) is 17.0. The van der Waals surface area contributed by atoms with Crippen LogP contribution in [0.1, 0.15) is 72.1 Å². The summed E-state index contributed by atoms with van der Waals surface area (Å²) in [4.78, 5) is 12.3. The molecule has 3 saturated carbocycles. The highest BCUT2D eigenvalue weighted by atomic mass is 32.3. The summed E-state index contributed by atoms with van der Waals surface area (Å²) < 4.78 is 36.1. The number of allylic oxidation sites excluding steroid dienone is 1. The number of carbonyl (C=O) groups excluding carboxylic acids is 1. The van der Waals surface area contributed by atoms with Gasteiger partial charge in [0.2, 0.25) is 0 Å². The lowest BCUT2D eigenvalue weighted by Crippen LogP contribution is -2.57. The summed E-state index contributed by atoms with van der Waals surface area (Å²) in [5, 5.41) is 11.2. The van der Waals surface area contributed by atoms with Crippen molar-refractivity contribution in [1.82, 2.24) is 0 Å². The Morgan fingerprint density at radius 3 is 2.46 bits per heavy atom. The van der Waals surface area contributed by atoms with E-state index in [0.29, 0.717) is 37.0 Å². The van der Waals surface area contributed by atoms with E-state index in [-0.39, 0.29) is 16.6 Å². The maximum absolute atomic E-state index is 12.3. The van der Waals surface area contributed by atoms with Gasteiger partial charge in [-0.15, -0.1) is 0 Å². The SMILES string of the molecule is CC(=O)C1(O)CCC2C3CC=C4CC(OS(=O)(=O)O)CCC4(C)C3CCC21C. The number of fused-ring (bicyclic) bond motifs is 5. The number of carbonyl (C=O) groups is 1. The fraction of sp³-hybridized carbons (Fsp3) is 0.857. The van der Waals surface area contributed by atoms with E-state index in [2.05, 4.69) is 19.9 Å². The van der Waals surface area contributed by atoms with Crippen LogP contribution in [0.2, 0.25) is 0 Å².